The largest absolute Gasteiger partial charge is 0.319 e. The molecule has 1 heterocycles. The van der Waals surface area contributed by atoms with Crippen molar-refractivity contribution in [3.63, 3.8) is 0 Å². The fraction of sp³-hybridized carbons (Fsp3) is 0. The van der Waals surface area contributed by atoms with Crippen LogP contribution in [0.25, 0.3) is 0 Å². The Kier molecular flexibility index (Phi) is 3.90. The number of benzene rings is 1. The number of non-ortho nitro benzene ring substituents is 1. The molecule has 1 amide bonds. The van der Waals surface area contributed by atoms with Crippen molar-refractivity contribution < 1.29 is 14.1 Å². The van der Waals surface area contributed by atoms with E-state index in [1.54, 1.807) is 0 Å². The third kappa shape index (κ3) is 2.89. The van der Waals surface area contributed by atoms with Crippen LogP contribution < -0.4 is 5.32 Å². The minimum absolute atomic E-state index is 0.185. The number of rotatable bonds is 3. The van der Waals surface area contributed by atoms with E-state index in [-0.39, 0.29) is 16.4 Å². The van der Waals surface area contributed by atoms with Gasteiger partial charge in [-0.3, -0.25) is 19.9 Å². The number of nitro benzene ring substituents is 1. The zero-order chi connectivity index (χ0) is 14.7. The van der Waals surface area contributed by atoms with Crippen molar-refractivity contribution in [2.24, 2.45) is 0 Å². The second kappa shape index (κ2) is 5.62. The maximum Gasteiger partial charge on any atom is 0.270 e. The number of hydrogen-bond donors (Lipinski definition) is 1. The second-order valence-corrected chi connectivity index (χ2v) is 4.14. The standard InChI is InChI=1S/C12H7ClFN3O3/c13-9-3-4-15-6-11(9)16-12(18)8-5-7(17(19)20)1-2-10(8)14/h1-6H,(H,16,18). The Balaban J connectivity index is 2.32. The van der Waals surface area contributed by atoms with Gasteiger partial charge in [0.1, 0.15) is 5.82 Å². The van der Waals surface area contributed by atoms with Crippen LogP contribution in [-0.4, -0.2) is 15.8 Å². The number of anilines is 1. The van der Waals surface area contributed by atoms with Crippen LogP contribution in [0.1, 0.15) is 10.4 Å². The van der Waals surface area contributed by atoms with E-state index < -0.39 is 22.2 Å². The fourth-order valence-electron chi connectivity index (χ4n) is 1.46. The van der Waals surface area contributed by atoms with Crippen LogP contribution in [0, 0.1) is 15.9 Å². The Morgan fingerprint density at radius 1 is 1.40 bits per heavy atom. The predicted octanol–water partition coefficient (Wildman–Crippen LogP) is 3.03. The highest BCUT2D eigenvalue weighted by Gasteiger charge is 2.17. The van der Waals surface area contributed by atoms with Crippen molar-refractivity contribution >= 4 is 28.9 Å². The van der Waals surface area contributed by atoms with E-state index in [2.05, 4.69) is 10.3 Å². The lowest BCUT2D eigenvalue weighted by atomic mass is 10.1. The predicted molar refractivity (Wildman–Crippen MR) is 70.3 cm³/mol. The van der Waals surface area contributed by atoms with Gasteiger partial charge in [-0.25, -0.2) is 4.39 Å². The summed E-state index contributed by atoms with van der Waals surface area (Å²) >= 11 is 5.82. The number of hydrogen-bond acceptors (Lipinski definition) is 4. The average molecular weight is 296 g/mol. The van der Waals surface area contributed by atoms with Crippen molar-refractivity contribution in [1.29, 1.82) is 0 Å². The van der Waals surface area contributed by atoms with Crippen LogP contribution >= 0.6 is 11.6 Å². The molecule has 6 nitrogen and oxygen atoms in total. The number of carbonyl (C=O) groups is 1. The molecule has 102 valence electrons. The summed E-state index contributed by atoms with van der Waals surface area (Å²) in [4.78, 5) is 25.6. The molecule has 2 rings (SSSR count). The Labute approximate surface area is 117 Å². The van der Waals surface area contributed by atoms with E-state index in [0.29, 0.717) is 0 Å². The molecule has 0 aliphatic carbocycles. The third-order valence-electron chi connectivity index (χ3n) is 2.42. The van der Waals surface area contributed by atoms with Crippen molar-refractivity contribution in [3.05, 3.63) is 63.2 Å². The molecule has 0 aliphatic rings. The number of carbonyl (C=O) groups excluding carboxylic acids is 1. The van der Waals surface area contributed by atoms with E-state index >= 15 is 0 Å². The van der Waals surface area contributed by atoms with Gasteiger partial charge in [0.05, 0.1) is 27.4 Å². The van der Waals surface area contributed by atoms with E-state index in [1.165, 1.54) is 18.5 Å². The van der Waals surface area contributed by atoms with Crippen molar-refractivity contribution in [1.82, 2.24) is 4.98 Å². The van der Waals surface area contributed by atoms with E-state index in [0.717, 1.165) is 18.2 Å². The molecule has 1 N–H and O–H groups in total. The molecule has 1 aromatic carbocycles. The minimum atomic E-state index is -0.867. The zero-order valence-corrected chi connectivity index (χ0v) is 10.6. The van der Waals surface area contributed by atoms with Crippen LogP contribution in [0.3, 0.4) is 0 Å². The lowest BCUT2D eigenvalue weighted by Crippen LogP contribution is -2.14. The van der Waals surface area contributed by atoms with Crippen LogP contribution in [0.2, 0.25) is 5.02 Å². The first-order valence-electron chi connectivity index (χ1n) is 5.34. The third-order valence-corrected chi connectivity index (χ3v) is 2.75. The Morgan fingerprint density at radius 3 is 2.80 bits per heavy atom. The van der Waals surface area contributed by atoms with Crippen LogP contribution in [0.4, 0.5) is 15.8 Å². The van der Waals surface area contributed by atoms with Gasteiger partial charge in [-0.1, -0.05) is 11.6 Å². The normalized spacial score (nSPS) is 10.1. The van der Waals surface area contributed by atoms with Gasteiger partial charge >= 0.3 is 0 Å². The highest BCUT2D eigenvalue weighted by molar-refractivity contribution is 6.33. The fourth-order valence-corrected chi connectivity index (χ4v) is 1.61. The van der Waals surface area contributed by atoms with E-state index in [1.807, 2.05) is 0 Å². The Morgan fingerprint density at radius 2 is 2.15 bits per heavy atom. The summed E-state index contributed by atoms with van der Waals surface area (Å²) in [5.74, 6) is -1.71. The molecule has 8 heteroatoms. The first-order valence-corrected chi connectivity index (χ1v) is 5.71. The lowest BCUT2D eigenvalue weighted by molar-refractivity contribution is -0.384. The SMILES string of the molecule is O=C(Nc1cnccc1Cl)c1cc([N+](=O)[O-])ccc1F. The summed E-state index contributed by atoms with van der Waals surface area (Å²) in [6, 6.07) is 4.14. The molecule has 0 saturated carbocycles. The molecule has 20 heavy (non-hydrogen) atoms. The second-order valence-electron chi connectivity index (χ2n) is 3.73. The summed E-state index contributed by atoms with van der Waals surface area (Å²) in [5, 5.41) is 13.2. The molecular weight excluding hydrogens is 289 g/mol. The Hall–Kier alpha value is -2.54. The molecule has 0 atom stereocenters. The number of pyridine rings is 1. The maximum absolute atomic E-state index is 13.6. The van der Waals surface area contributed by atoms with Gasteiger partial charge in [-0.2, -0.15) is 0 Å². The monoisotopic (exact) mass is 295 g/mol. The summed E-state index contributed by atoms with van der Waals surface area (Å²) in [6.07, 6.45) is 2.71. The smallest absolute Gasteiger partial charge is 0.270 e. The van der Waals surface area contributed by atoms with Gasteiger partial charge in [-0.05, 0) is 12.1 Å². The van der Waals surface area contributed by atoms with Crippen LogP contribution in [0.5, 0.6) is 0 Å². The molecule has 0 saturated heterocycles. The molecule has 0 fully saturated rings. The summed E-state index contributed by atoms with van der Waals surface area (Å²) < 4.78 is 13.6. The van der Waals surface area contributed by atoms with E-state index in [9.17, 15) is 19.3 Å². The molecule has 0 aliphatic heterocycles. The van der Waals surface area contributed by atoms with Crippen molar-refractivity contribution in [2.75, 3.05) is 5.32 Å². The number of nitro groups is 1. The molecule has 0 radical (unpaired) electrons. The molecule has 2 aromatic rings. The minimum Gasteiger partial charge on any atom is -0.319 e. The number of nitrogens with one attached hydrogen (secondary N) is 1. The first-order chi connectivity index (χ1) is 9.49. The van der Waals surface area contributed by atoms with Crippen molar-refractivity contribution in [3.8, 4) is 0 Å². The topological polar surface area (TPSA) is 85.1 Å². The van der Waals surface area contributed by atoms with Gasteiger partial charge in [-0.15, -0.1) is 0 Å². The number of aromatic nitrogens is 1. The lowest BCUT2D eigenvalue weighted by Gasteiger charge is -2.07. The van der Waals surface area contributed by atoms with Gasteiger partial charge in [0, 0.05) is 18.3 Å². The highest BCUT2D eigenvalue weighted by Crippen LogP contribution is 2.22. The number of nitrogens with zero attached hydrogens (tertiary/aromatic N) is 2. The number of amides is 1. The van der Waals surface area contributed by atoms with E-state index in [4.69, 9.17) is 11.6 Å². The van der Waals surface area contributed by atoms with Gasteiger partial charge in [0.2, 0.25) is 0 Å². The van der Waals surface area contributed by atoms with Gasteiger partial charge in [0.15, 0.2) is 0 Å². The van der Waals surface area contributed by atoms with Gasteiger partial charge < -0.3 is 5.32 Å². The number of halogens is 2. The molecule has 0 unspecified atom stereocenters. The summed E-state index contributed by atoms with van der Waals surface area (Å²) in [6.45, 7) is 0. The zero-order valence-electron chi connectivity index (χ0n) is 9.84. The molecule has 1 aromatic heterocycles. The Bertz CT molecular complexity index is 693. The van der Waals surface area contributed by atoms with Gasteiger partial charge in [0.25, 0.3) is 11.6 Å². The highest BCUT2D eigenvalue weighted by atomic mass is 35.5. The average Bonchev–Trinajstić information content (AvgIpc) is 2.41. The summed E-state index contributed by atoms with van der Waals surface area (Å²) in [7, 11) is 0. The molecule has 0 spiro atoms. The molecule has 0 bridgehead atoms. The van der Waals surface area contributed by atoms with Crippen LogP contribution in [0.15, 0.2) is 36.7 Å². The summed E-state index contributed by atoms with van der Waals surface area (Å²) in [5.41, 5.74) is -0.641. The maximum atomic E-state index is 13.6. The molecular formula is C12H7ClFN3O3. The van der Waals surface area contributed by atoms with Crippen LogP contribution in [-0.2, 0) is 0 Å². The quantitative estimate of drug-likeness (QED) is 0.696. The first kappa shape index (κ1) is 13.9. The van der Waals surface area contributed by atoms with Crippen molar-refractivity contribution in [2.45, 2.75) is 0 Å².